The average Bonchev–Trinajstić information content (AvgIpc) is 2.61. The standard InChI is InChI=1S/C15H9F3N2O6S2/c16-15(17,18)12-8-11(20(21)22)6-7-13(12)27(23,24)28(25,26)14(9-19)10-4-2-1-3-5-10/h1-8,14H. The highest BCUT2D eigenvalue weighted by Crippen LogP contribution is 2.40. The van der Waals surface area contributed by atoms with Crippen LogP contribution in [0.1, 0.15) is 16.4 Å². The van der Waals surface area contributed by atoms with Crippen LogP contribution in [0, 0.1) is 21.4 Å². The molecule has 0 aliphatic carbocycles. The summed E-state index contributed by atoms with van der Waals surface area (Å²) >= 11 is 0. The molecule has 1 unspecified atom stereocenters. The van der Waals surface area contributed by atoms with E-state index in [1.807, 2.05) is 0 Å². The molecule has 0 bridgehead atoms. The number of nitriles is 1. The smallest absolute Gasteiger partial charge is 0.258 e. The molecule has 0 aromatic heterocycles. The van der Waals surface area contributed by atoms with E-state index in [-0.39, 0.29) is 17.7 Å². The molecule has 28 heavy (non-hydrogen) atoms. The van der Waals surface area contributed by atoms with Crippen molar-refractivity contribution in [3.8, 4) is 6.07 Å². The van der Waals surface area contributed by atoms with Gasteiger partial charge in [0, 0.05) is 12.1 Å². The topological polar surface area (TPSA) is 135 Å². The molecule has 0 aliphatic rings. The Balaban J connectivity index is 2.76. The third kappa shape index (κ3) is 3.69. The molecule has 0 aliphatic heterocycles. The van der Waals surface area contributed by atoms with Crippen LogP contribution in [0.2, 0.25) is 0 Å². The number of hydrogen-bond donors (Lipinski definition) is 0. The van der Waals surface area contributed by atoms with E-state index in [1.165, 1.54) is 24.3 Å². The number of non-ortho nitro benzene ring substituents is 1. The molecule has 2 aromatic carbocycles. The first-order chi connectivity index (χ1) is 12.8. The molecule has 2 aromatic rings. The average molecular weight is 434 g/mol. The summed E-state index contributed by atoms with van der Waals surface area (Å²) in [5.74, 6) is 0. The Morgan fingerprint density at radius 2 is 1.61 bits per heavy atom. The van der Waals surface area contributed by atoms with Crippen molar-refractivity contribution in [2.45, 2.75) is 16.3 Å². The van der Waals surface area contributed by atoms with Crippen molar-refractivity contribution in [2.24, 2.45) is 0 Å². The lowest BCUT2D eigenvalue weighted by Gasteiger charge is -2.15. The second-order valence-corrected chi connectivity index (χ2v) is 10.8. The molecule has 0 spiro atoms. The van der Waals surface area contributed by atoms with Gasteiger partial charge >= 0.3 is 6.18 Å². The highest BCUT2D eigenvalue weighted by Gasteiger charge is 2.46. The monoisotopic (exact) mass is 434 g/mol. The number of alkyl halides is 3. The number of benzene rings is 2. The molecule has 0 saturated carbocycles. The molecule has 0 amide bonds. The number of nitrogens with zero attached hydrogens (tertiary/aromatic N) is 2. The SMILES string of the molecule is N#CC(c1ccccc1)S(=O)(=O)S(=O)(=O)c1ccc([N+](=O)[O-])cc1C(F)(F)F. The maximum Gasteiger partial charge on any atom is 0.417 e. The molecule has 0 saturated heterocycles. The summed E-state index contributed by atoms with van der Waals surface area (Å²) in [6.45, 7) is 0. The Morgan fingerprint density at radius 1 is 1.04 bits per heavy atom. The lowest BCUT2D eigenvalue weighted by molar-refractivity contribution is -0.385. The number of hydrogen-bond acceptors (Lipinski definition) is 7. The van der Waals surface area contributed by atoms with Gasteiger partial charge in [-0.15, -0.1) is 0 Å². The van der Waals surface area contributed by atoms with Crippen molar-refractivity contribution in [1.29, 1.82) is 5.26 Å². The van der Waals surface area contributed by atoms with Gasteiger partial charge in [-0.1, -0.05) is 30.3 Å². The lowest BCUT2D eigenvalue weighted by atomic mass is 10.2. The normalized spacial score (nSPS) is 13.5. The molecule has 1 atom stereocenters. The van der Waals surface area contributed by atoms with Gasteiger partial charge in [-0.25, -0.2) is 16.8 Å². The number of rotatable bonds is 5. The molecule has 0 N–H and O–H groups in total. The van der Waals surface area contributed by atoms with Crippen LogP contribution in [0.4, 0.5) is 18.9 Å². The molecule has 8 nitrogen and oxygen atoms in total. The lowest BCUT2D eigenvalue weighted by Crippen LogP contribution is -2.25. The van der Waals surface area contributed by atoms with Gasteiger partial charge in [-0.3, -0.25) is 10.1 Å². The number of nitro groups is 1. The van der Waals surface area contributed by atoms with Gasteiger partial charge in [-0.2, -0.15) is 18.4 Å². The first-order valence-corrected chi connectivity index (χ1v) is 10.7. The minimum atomic E-state index is -5.75. The fourth-order valence-corrected chi connectivity index (χ4v) is 6.47. The van der Waals surface area contributed by atoms with Crippen molar-refractivity contribution in [1.82, 2.24) is 0 Å². The summed E-state index contributed by atoms with van der Waals surface area (Å²) in [4.78, 5) is 7.82. The molecular formula is C15H9F3N2O6S2. The van der Waals surface area contributed by atoms with Crippen LogP contribution >= 0.6 is 0 Å². The highest BCUT2D eigenvalue weighted by molar-refractivity contribution is 8.67. The van der Waals surface area contributed by atoms with Crippen molar-refractivity contribution < 1.29 is 34.9 Å². The highest BCUT2D eigenvalue weighted by atomic mass is 33.2. The number of nitro benzene ring substituents is 1. The van der Waals surface area contributed by atoms with Crippen LogP contribution in [0.3, 0.4) is 0 Å². The summed E-state index contributed by atoms with van der Waals surface area (Å²) in [5, 5.41) is 17.6. The minimum Gasteiger partial charge on any atom is -0.258 e. The Bertz CT molecular complexity index is 1170. The molecule has 13 heteroatoms. The molecule has 0 radical (unpaired) electrons. The Labute approximate surface area is 156 Å². The van der Waals surface area contributed by atoms with Gasteiger partial charge in [0.2, 0.25) is 0 Å². The molecule has 0 fully saturated rings. The van der Waals surface area contributed by atoms with Gasteiger partial charge < -0.3 is 0 Å². The van der Waals surface area contributed by atoms with E-state index < -0.39 is 50.2 Å². The first-order valence-electron chi connectivity index (χ1n) is 7.13. The third-order valence-corrected chi connectivity index (χ3v) is 8.98. The summed E-state index contributed by atoms with van der Waals surface area (Å²) in [7, 11) is -11.3. The van der Waals surface area contributed by atoms with Crippen molar-refractivity contribution in [2.75, 3.05) is 0 Å². The molecular weight excluding hydrogens is 425 g/mol. The fourth-order valence-electron chi connectivity index (χ4n) is 2.26. The maximum atomic E-state index is 13.3. The zero-order valence-corrected chi connectivity index (χ0v) is 15.1. The summed E-state index contributed by atoms with van der Waals surface area (Å²) in [5.41, 5.74) is -3.36. The van der Waals surface area contributed by atoms with E-state index in [0.717, 1.165) is 12.1 Å². The van der Waals surface area contributed by atoms with Gasteiger partial charge in [0.05, 0.1) is 21.5 Å². The second kappa shape index (κ2) is 7.21. The van der Waals surface area contributed by atoms with Crippen LogP contribution in [-0.2, 0) is 23.9 Å². The van der Waals surface area contributed by atoms with Crippen molar-refractivity contribution in [3.05, 3.63) is 69.8 Å². The van der Waals surface area contributed by atoms with Crippen LogP contribution < -0.4 is 0 Å². The van der Waals surface area contributed by atoms with Crippen LogP contribution in [0.5, 0.6) is 0 Å². The van der Waals surface area contributed by atoms with Gasteiger partial charge in [0.25, 0.3) is 23.4 Å². The van der Waals surface area contributed by atoms with E-state index in [4.69, 9.17) is 5.26 Å². The van der Waals surface area contributed by atoms with Gasteiger partial charge in [0.15, 0.2) is 5.25 Å². The van der Waals surface area contributed by atoms with E-state index in [9.17, 15) is 40.1 Å². The fraction of sp³-hybridized carbons (Fsp3) is 0.133. The van der Waals surface area contributed by atoms with E-state index in [1.54, 1.807) is 0 Å². The zero-order valence-electron chi connectivity index (χ0n) is 13.5. The summed E-state index contributed by atoms with van der Waals surface area (Å²) < 4.78 is 90.1. The van der Waals surface area contributed by atoms with Crippen molar-refractivity contribution >= 4 is 23.4 Å². The Morgan fingerprint density at radius 3 is 2.07 bits per heavy atom. The Hall–Kier alpha value is -2.98. The second-order valence-electron chi connectivity index (χ2n) is 5.30. The predicted octanol–water partition coefficient (Wildman–Crippen LogP) is 2.98. The summed E-state index contributed by atoms with van der Waals surface area (Å²) in [6.07, 6.45) is -5.40. The third-order valence-electron chi connectivity index (χ3n) is 3.56. The van der Waals surface area contributed by atoms with E-state index in [2.05, 4.69) is 0 Å². The van der Waals surface area contributed by atoms with Crippen LogP contribution in [0.25, 0.3) is 0 Å². The quantitative estimate of drug-likeness (QED) is 0.401. The molecule has 0 heterocycles. The van der Waals surface area contributed by atoms with Crippen LogP contribution in [0.15, 0.2) is 53.4 Å². The van der Waals surface area contributed by atoms with Crippen LogP contribution in [-0.4, -0.2) is 21.8 Å². The van der Waals surface area contributed by atoms with Crippen molar-refractivity contribution in [3.63, 3.8) is 0 Å². The first kappa shape index (κ1) is 21.3. The van der Waals surface area contributed by atoms with Gasteiger partial charge in [-0.05, 0) is 11.6 Å². The molecule has 2 rings (SSSR count). The van der Waals surface area contributed by atoms with E-state index >= 15 is 0 Å². The van der Waals surface area contributed by atoms with E-state index in [0.29, 0.717) is 6.07 Å². The summed E-state index contributed by atoms with van der Waals surface area (Å²) in [6, 6.07) is 8.15. The predicted molar refractivity (Wildman–Crippen MR) is 89.0 cm³/mol. The van der Waals surface area contributed by atoms with Gasteiger partial charge in [0.1, 0.15) is 0 Å². The largest absolute Gasteiger partial charge is 0.417 e. The minimum absolute atomic E-state index is 0.0771. The zero-order chi connectivity index (χ0) is 21.3. The molecule has 148 valence electrons. The number of halogens is 3. The Kier molecular flexibility index (Phi) is 5.49. The maximum absolute atomic E-state index is 13.3.